The number of benzene rings is 1. The molecule has 0 bridgehead atoms. The molecule has 1 saturated heterocycles. The van der Waals surface area contributed by atoms with E-state index in [1.54, 1.807) is 0 Å². The summed E-state index contributed by atoms with van der Waals surface area (Å²) in [5, 5.41) is 4.11. The monoisotopic (exact) mass is 279 g/mol. The molecule has 1 unspecified atom stereocenters. The predicted molar refractivity (Wildman–Crippen MR) is 79.5 cm³/mol. The Balaban J connectivity index is 2.03. The van der Waals surface area contributed by atoms with Crippen molar-refractivity contribution in [3.05, 3.63) is 34.9 Å². The molecule has 0 aromatic heterocycles. The predicted octanol–water partition coefficient (Wildman–Crippen LogP) is 3.48. The smallest absolute Gasteiger partial charge is 0.143 e. The average Bonchev–Trinajstić information content (AvgIpc) is 2.42. The SMILES string of the molecule is CC(C)(C(=O)Cc1ccc(Cl)cc1)C1CCCNC1. The third-order valence-corrected chi connectivity index (χ3v) is 4.57. The highest BCUT2D eigenvalue weighted by Crippen LogP contribution is 2.33. The summed E-state index contributed by atoms with van der Waals surface area (Å²) in [6.07, 6.45) is 2.81. The van der Waals surface area contributed by atoms with Gasteiger partial charge in [0.1, 0.15) is 5.78 Å². The summed E-state index contributed by atoms with van der Waals surface area (Å²) >= 11 is 5.87. The van der Waals surface area contributed by atoms with Crippen molar-refractivity contribution in [2.24, 2.45) is 11.3 Å². The lowest BCUT2D eigenvalue weighted by Gasteiger charge is -2.36. The molecule has 1 fully saturated rings. The fourth-order valence-electron chi connectivity index (χ4n) is 2.71. The van der Waals surface area contributed by atoms with Crippen molar-refractivity contribution in [1.82, 2.24) is 5.32 Å². The van der Waals surface area contributed by atoms with Gasteiger partial charge >= 0.3 is 0 Å². The fraction of sp³-hybridized carbons (Fsp3) is 0.562. The molecular weight excluding hydrogens is 258 g/mol. The molecule has 1 heterocycles. The zero-order valence-corrected chi connectivity index (χ0v) is 12.5. The Hall–Kier alpha value is -0.860. The summed E-state index contributed by atoms with van der Waals surface area (Å²) in [6, 6.07) is 7.57. The quantitative estimate of drug-likeness (QED) is 0.914. The van der Waals surface area contributed by atoms with Gasteiger partial charge in [-0.25, -0.2) is 0 Å². The lowest BCUT2D eigenvalue weighted by atomic mass is 9.71. The highest BCUT2D eigenvalue weighted by Gasteiger charge is 2.36. The van der Waals surface area contributed by atoms with E-state index in [2.05, 4.69) is 19.2 Å². The maximum atomic E-state index is 12.6. The van der Waals surface area contributed by atoms with E-state index in [1.165, 1.54) is 6.42 Å². The van der Waals surface area contributed by atoms with E-state index in [4.69, 9.17) is 11.6 Å². The maximum absolute atomic E-state index is 12.6. The van der Waals surface area contributed by atoms with Crippen molar-refractivity contribution >= 4 is 17.4 Å². The summed E-state index contributed by atoms with van der Waals surface area (Å²) in [7, 11) is 0. The first kappa shape index (κ1) is 14.5. The number of carbonyl (C=O) groups excluding carboxylic acids is 1. The van der Waals surface area contributed by atoms with E-state index < -0.39 is 0 Å². The van der Waals surface area contributed by atoms with Crippen LogP contribution in [0.3, 0.4) is 0 Å². The van der Waals surface area contributed by atoms with E-state index >= 15 is 0 Å². The Morgan fingerprint density at radius 3 is 2.63 bits per heavy atom. The minimum absolute atomic E-state index is 0.257. The van der Waals surface area contributed by atoms with Gasteiger partial charge in [-0.3, -0.25) is 4.79 Å². The van der Waals surface area contributed by atoms with Crippen LogP contribution in [-0.4, -0.2) is 18.9 Å². The molecule has 1 atom stereocenters. The number of ketones is 1. The molecule has 1 N–H and O–H groups in total. The van der Waals surface area contributed by atoms with Crippen LogP contribution in [0.15, 0.2) is 24.3 Å². The van der Waals surface area contributed by atoms with E-state index in [-0.39, 0.29) is 5.41 Å². The second kappa shape index (κ2) is 6.06. The van der Waals surface area contributed by atoms with E-state index in [0.717, 1.165) is 25.1 Å². The Bertz CT molecular complexity index is 433. The third-order valence-electron chi connectivity index (χ3n) is 4.31. The van der Waals surface area contributed by atoms with Crippen LogP contribution in [0.2, 0.25) is 5.02 Å². The molecule has 0 aliphatic carbocycles. The maximum Gasteiger partial charge on any atom is 0.143 e. The molecule has 104 valence electrons. The van der Waals surface area contributed by atoms with Crippen molar-refractivity contribution in [1.29, 1.82) is 0 Å². The second-order valence-electron chi connectivity index (χ2n) is 5.99. The molecule has 1 aliphatic rings. The average molecular weight is 280 g/mol. The number of hydrogen-bond donors (Lipinski definition) is 1. The summed E-state index contributed by atoms with van der Waals surface area (Å²) < 4.78 is 0. The van der Waals surface area contributed by atoms with Gasteiger partial charge in [0.2, 0.25) is 0 Å². The van der Waals surface area contributed by atoms with E-state index in [1.807, 2.05) is 24.3 Å². The molecule has 0 radical (unpaired) electrons. The van der Waals surface area contributed by atoms with Crippen LogP contribution in [0.5, 0.6) is 0 Å². The van der Waals surface area contributed by atoms with Gasteiger partial charge in [-0.15, -0.1) is 0 Å². The zero-order chi connectivity index (χ0) is 13.9. The minimum Gasteiger partial charge on any atom is -0.316 e. The highest BCUT2D eigenvalue weighted by molar-refractivity contribution is 6.30. The van der Waals surface area contributed by atoms with Crippen molar-refractivity contribution in [3.63, 3.8) is 0 Å². The first-order valence-electron chi connectivity index (χ1n) is 6.98. The Labute approximate surface area is 120 Å². The lowest BCUT2D eigenvalue weighted by molar-refractivity contribution is -0.129. The number of Topliss-reactive ketones (excluding diaryl/α,β-unsaturated/α-hetero) is 1. The molecule has 19 heavy (non-hydrogen) atoms. The topological polar surface area (TPSA) is 29.1 Å². The van der Waals surface area contributed by atoms with Gasteiger partial charge in [0.15, 0.2) is 0 Å². The largest absolute Gasteiger partial charge is 0.316 e. The van der Waals surface area contributed by atoms with Gasteiger partial charge in [0, 0.05) is 16.9 Å². The molecule has 0 spiro atoms. The lowest BCUT2D eigenvalue weighted by Crippen LogP contribution is -2.43. The fourth-order valence-corrected chi connectivity index (χ4v) is 2.84. The van der Waals surface area contributed by atoms with Gasteiger partial charge < -0.3 is 5.32 Å². The molecule has 1 aromatic rings. The van der Waals surface area contributed by atoms with Gasteiger partial charge in [0.25, 0.3) is 0 Å². The number of nitrogens with one attached hydrogen (secondary N) is 1. The van der Waals surface area contributed by atoms with Crippen LogP contribution in [0, 0.1) is 11.3 Å². The number of carbonyl (C=O) groups is 1. The number of piperidine rings is 1. The van der Waals surface area contributed by atoms with Crippen molar-refractivity contribution in [3.8, 4) is 0 Å². The zero-order valence-electron chi connectivity index (χ0n) is 11.7. The summed E-state index contributed by atoms with van der Waals surface area (Å²) in [6.45, 7) is 6.21. The molecule has 2 nitrogen and oxygen atoms in total. The van der Waals surface area contributed by atoms with Crippen LogP contribution in [-0.2, 0) is 11.2 Å². The first-order valence-corrected chi connectivity index (χ1v) is 7.36. The van der Waals surface area contributed by atoms with Crippen LogP contribution >= 0.6 is 11.6 Å². The number of rotatable bonds is 4. The highest BCUT2D eigenvalue weighted by atomic mass is 35.5. The molecule has 1 aliphatic heterocycles. The molecule has 2 rings (SSSR count). The van der Waals surface area contributed by atoms with Crippen LogP contribution in [0.1, 0.15) is 32.3 Å². The molecular formula is C16H22ClNO. The summed E-state index contributed by atoms with van der Waals surface area (Å²) in [5.41, 5.74) is 0.791. The van der Waals surface area contributed by atoms with Crippen LogP contribution < -0.4 is 5.32 Å². The van der Waals surface area contributed by atoms with Crippen LogP contribution in [0.25, 0.3) is 0 Å². The van der Waals surface area contributed by atoms with Crippen molar-refractivity contribution < 1.29 is 4.79 Å². The molecule has 0 saturated carbocycles. The van der Waals surface area contributed by atoms with Gasteiger partial charge in [-0.1, -0.05) is 37.6 Å². The Morgan fingerprint density at radius 2 is 2.05 bits per heavy atom. The minimum atomic E-state index is -0.257. The normalized spacial score (nSPS) is 20.3. The van der Waals surface area contributed by atoms with Crippen LogP contribution in [0.4, 0.5) is 0 Å². The summed E-state index contributed by atoms with van der Waals surface area (Å²) in [4.78, 5) is 12.6. The molecule has 3 heteroatoms. The second-order valence-corrected chi connectivity index (χ2v) is 6.43. The molecule has 0 amide bonds. The third kappa shape index (κ3) is 3.58. The summed E-state index contributed by atoms with van der Waals surface area (Å²) in [5.74, 6) is 0.768. The first-order chi connectivity index (χ1) is 9.00. The number of hydrogen-bond acceptors (Lipinski definition) is 2. The number of halogens is 1. The van der Waals surface area contributed by atoms with E-state index in [0.29, 0.717) is 23.1 Å². The van der Waals surface area contributed by atoms with Gasteiger partial charge in [-0.2, -0.15) is 0 Å². The standard InChI is InChI=1S/C16H22ClNO/c1-16(2,13-4-3-9-18-11-13)15(19)10-12-5-7-14(17)8-6-12/h5-8,13,18H,3-4,9-11H2,1-2H3. The Morgan fingerprint density at radius 1 is 1.37 bits per heavy atom. The molecule has 1 aromatic carbocycles. The van der Waals surface area contributed by atoms with Gasteiger partial charge in [-0.05, 0) is 49.5 Å². The van der Waals surface area contributed by atoms with Gasteiger partial charge in [0.05, 0.1) is 0 Å². The van der Waals surface area contributed by atoms with Crippen molar-refractivity contribution in [2.75, 3.05) is 13.1 Å². The van der Waals surface area contributed by atoms with Crippen molar-refractivity contribution in [2.45, 2.75) is 33.1 Å². The Kier molecular flexibility index (Phi) is 4.64. The van der Waals surface area contributed by atoms with E-state index in [9.17, 15) is 4.79 Å².